The van der Waals surface area contributed by atoms with E-state index in [2.05, 4.69) is 37.7 Å². The SMILES string of the molecule is COC(=O)c1ccc(C(C)NC(=O)c2c(C(F)(F)F)nn3c2N(Cc2cccc(I)c2)CC3)cc1. The van der Waals surface area contributed by atoms with Crippen LogP contribution in [0.3, 0.4) is 0 Å². The second-order valence-electron chi connectivity index (χ2n) is 8.13. The van der Waals surface area contributed by atoms with Crippen molar-refractivity contribution in [3.05, 3.63) is 80.0 Å². The first-order valence-corrected chi connectivity index (χ1v) is 11.8. The average Bonchev–Trinajstić information content (AvgIpc) is 3.39. The highest BCUT2D eigenvalue weighted by Crippen LogP contribution is 2.38. The third-order valence-corrected chi connectivity index (χ3v) is 6.42. The summed E-state index contributed by atoms with van der Waals surface area (Å²) >= 11 is 2.18. The van der Waals surface area contributed by atoms with E-state index in [9.17, 15) is 22.8 Å². The Labute approximate surface area is 213 Å². The largest absolute Gasteiger partial charge is 0.465 e. The highest BCUT2D eigenvalue weighted by molar-refractivity contribution is 14.1. The van der Waals surface area contributed by atoms with Crippen molar-refractivity contribution in [2.45, 2.75) is 32.2 Å². The Kier molecular flexibility index (Phi) is 7.06. The molecule has 1 aromatic heterocycles. The highest BCUT2D eigenvalue weighted by Gasteiger charge is 2.44. The second kappa shape index (κ2) is 9.88. The molecule has 11 heteroatoms. The molecule has 1 aliphatic heterocycles. The monoisotopic (exact) mass is 598 g/mol. The molecule has 0 aliphatic carbocycles. The van der Waals surface area contributed by atoms with E-state index in [0.29, 0.717) is 24.2 Å². The van der Waals surface area contributed by atoms with Gasteiger partial charge in [-0.15, -0.1) is 0 Å². The molecule has 1 amide bonds. The minimum absolute atomic E-state index is 0.155. The Balaban J connectivity index is 1.63. The molecule has 0 fully saturated rings. The summed E-state index contributed by atoms with van der Waals surface area (Å²) in [5, 5.41) is 6.41. The van der Waals surface area contributed by atoms with Gasteiger partial charge in [-0.05, 0) is 64.9 Å². The van der Waals surface area contributed by atoms with Crippen molar-refractivity contribution in [2.75, 3.05) is 18.6 Å². The van der Waals surface area contributed by atoms with Gasteiger partial charge in [0.1, 0.15) is 11.4 Å². The molecular formula is C24H22F3IN4O3. The van der Waals surface area contributed by atoms with Gasteiger partial charge >= 0.3 is 12.1 Å². The van der Waals surface area contributed by atoms with Gasteiger partial charge in [-0.1, -0.05) is 24.3 Å². The standard InChI is InChI=1S/C24H22F3IN4O3/c1-14(16-6-8-17(9-7-16)23(34)35-2)29-21(33)19-20(24(25,26)27)30-32-11-10-31(22(19)32)13-15-4-3-5-18(28)12-15/h3-9,12,14H,10-11,13H2,1-2H3,(H,29,33). The van der Waals surface area contributed by atoms with Crippen molar-refractivity contribution < 1.29 is 27.5 Å². The van der Waals surface area contributed by atoms with Crippen LogP contribution in [0.25, 0.3) is 0 Å². The molecular weight excluding hydrogens is 576 g/mol. The molecule has 1 atom stereocenters. The molecule has 0 radical (unpaired) electrons. The highest BCUT2D eigenvalue weighted by atomic mass is 127. The number of anilines is 1. The molecule has 1 unspecified atom stereocenters. The van der Waals surface area contributed by atoms with Crippen LogP contribution in [-0.4, -0.2) is 35.3 Å². The summed E-state index contributed by atoms with van der Waals surface area (Å²) in [6.07, 6.45) is -4.79. The molecule has 0 saturated heterocycles. The first-order chi connectivity index (χ1) is 16.6. The van der Waals surface area contributed by atoms with E-state index in [1.54, 1.807) is 24.0 Å². The van der Waals surface area contributed by atoms with Gasteiger partial charge in [-0.25, -0.2) is 9.48 Å². The summed E-state index contributed by atoms with van der Waals surface area (Å²) in [4.78, 5) is 26.6. The molecule has 3 aromatic rings. The van der Waals surface area contributed by atoms with Crippen molar-refractivity contribution >= 4 is 40.3 Å². The Hall–Kier alpha value is -3.09. The van der Waals surface area contributed by atoms with E-state index in [0.717, 1.165) is 9.13 Å². The van der Waals surface area contributed by atoms with E-state index >= 15 is 0 Å². The van der Waals surface area contributed by atoms with Gasteiger partial charge < -0.3 is 15.0 Å². The molecule has 2 heterocycles. The number of carbonyl (C=O) groups excluding carboxylic acids is 2. The fourth-order valence-electron chi connectivity index (χ4n) is 4.05. The summed E-state index contributed by atoms with van der Waals surface area (Å²) in [5.74, 6) is -1.22. The number of esters is 1. The average molecular weight is 598 g/mol. The van der Waals surface area contributed by atoms with Crippen LogP contribution in [0.15, 0.2) is 48.5 Å². The lowest BCUT2D eigenvalue weighted by molar-refractivity contribution is -0.141. The summed E-state index contributed by atoms with van der Waals surface area (Å²) < 4.78 is 48.5. The van der Waals surface area contributed by atoms with E-state index in [1.807, 2.05) is 24.3 Å². The van der Waals surface area contributed by atoms with E-state index < -0.39 is 35.4 Å². The lowest BCUT2D eigenvalue weighted by atomic mass is 10.1. The zero-order valence-corrected chi connectivity index (χ0v) is 21.1. The van der Waals surface area contributed by atoms with E-state index in [1.165, 1.54) is 23.9 Å². The maximum Gasteiger partial charge on any atom is 0.436 e. The normalized spacial score (nSPS) is 13.9. The number of nitrogens with zero attached hydrogens (tertiary/aromatic N) is 3. The second-order valence-corrected chi connectivity index (χ2v) is 9.37. The summed E-state index contributed by atoms with van der Waals surface area (Å²) in [7, 11) is 1.27. The minimum Gasteiger partial charge on any atom is -0.465 e. The number of hydrogen-bond acceptors (Lipinski definition) is 5. The molecule has 1 N–H and O–H groups in total. The number of hydrogen-bond donors (Lipinski definition) is 1. The van der Waals surface area contributed by atoms with E-state index in [4.69, 9.17) is 0 Å². The fraction of sp³-hybridized carbons (Fsp3) is 0.292. The maximum absolute atomic E-state index is 13.9. The molecule has 7 nitrogen and oxygen atoms in total. The number of alkyl halides is 3. The van der Waals surface area contributed by atoms with Crippen LogP contribution in [0, 0.1) is 3.57 Å². The number of rotatable bonds is 6. The van der Waals surface area contributed by atoms with Crippen LogP contribution in [0.1, 0.15) is 50.5 Å². The summed E-state index contributed by atoms with van der Waals surface area (Å²) in [5.41, 5.74) is 0.184. The zero-order valence-electron chi connectivity index (χ0n) is 18.9. The Morgan fingerprint density at radius 2 is 1.89 bits per heavy atom. The number of fused-ring (bicyclic) bond motifs is 1. The summed E-state index contributed by atoms with van der Waals surface area (Å²) in [6, 6.07) is 13.3. The molecule has 184 valence electrons. The number of methoxy groups -OCH3 is 1. The molecule has 0 saturated carbocycles. The molecule has 1 aliphatic rings. The lowest BCUT2D eigenvalue weighted by Gasteiger charge is -2.21. The van der Waals surface area contributed by atoms with Crippen LogP contribution >= 0.6 is 22.6 Å². The predicted molar refractivity (Wildman–Crippen MR) is 131 cm³/mol. The minimum atomic E-state index is -4.79. The van der Waals surface area contributed by atoms with Crippen molar-refractivity contribution in [3.8, 4) is 0 Å². The molecule has 0 spiro atoms. The van der Waals surface area contributed by atoms with E-state index in [-0.39, 0.29) is 12.4 Å². The number of ether oxygens (including phenoxy) is 1. The number of carbonyl (C=O) groups is 2. The maximum atomic E-state index is 13.9. The van der Waals surface area contributed by atoms with Gasteiger partial charge in [-0.3, -0.25) is 4.79 Å². The fourth-order valence-corrected chi connectivity index (χ4v) is 4.65. The van der Waals surface area contributed by atoms with Gasteiger partial charge in [0.2, 0.25) is 0 Å². The van der Waals surface area contributed by atoms with Crippen molar-refractivity contribution in [2.24, 2.45) is 0 Å². The zero-order chi connectivity index (χ0) is 25.3. The van der Waals surface area contributed by atoms with Gasteiger partial charge in [0.05, 0.1) is 25.3 Å². The molecule has 4 rings (SSSR count). The van der Waals surface area contributed by atoms with Gasteiger partial charge in [0.25, 0.3) is 5.91 Å². The quantitative estimate of drug-likeness (QED) is 0.326. The van der Waals surface area contributed by atoms with Crippen molar-refractivity contribution in [3.63, 3.8) is 0 Å². The van der Waals surface area contributed by atoms with Crippen molar-refractivity contribution in [1.29, 1.82) is 0 Å². The van der Waals surface area contributed by atoms with Crippen LogP contribution in [0.4, 0.5) is 19.0 Å². The molecule has 2 aromatic carbocycles. The number of amides is 1. The first kappa shape index (κ1) is 25.0. The third-order valence-electron chi connectivity index (χ3n) is 5.74. The number of benzene rings is 2. The van der Waals surface area contributed by atoms with Crippen molar-refractivity contribution in [1.82, 2.24) is 15.1 Å². The first-order valence-electron chi connectivity index (χ1n) is 10.7. The van der Waals surface area contributed by atoms with Gasteiger partial charge in [-0.2, -0.15) is 18.3 Å². The topological polar surface area (TPSA) is 76.5 Å². The van der Waals surface area contributed by atoms with Gasteiger partial charge in [0.15, 0.2) is 5.69 Å². The van der Waals surface area contributed by atoms with Crippen LogP contribution in [0.5, 0.6) is 0 Å². The third kappa shape index (κ3) is 5.29. The van der Waals surface area contributed by atoms with Crippen LogP contribution in [0.2, 0.25) is 0 Å². The van der Waals surface area contributed by atoms with Crippen LogP contribution in [-0.2, 0) is 24.0 Å². The predicted octanol–water partition coefficient (Wildman–Crippen LogP) is 4.80. The van der Waals surface area contributed by atoms with Gasteiger partial charge in [0, 0.05) is 16.7 Å². The number of aromatic nitrogens is 2. The number of nitrogens with one attached hydrogen (secondary N) is 1. The Morgan fingerprint density at radius 1 is 1.17 bits per heavy atom. The molecule has 0 bridgehead atoms. The smallest absolute Gasteiger partial charge is 0.436 e. The van der Waals surface area contributed by atoms with Crippen LogP contribution < -0.4 is 10.2 Å². The number of halogens is 4. The summed E-state index contributed by atoms with van der Waals surface area (Å²) in [6.45, 7) is 2.70. The Morgan fingerprint density at radius 3 is 2.51 bits per heavy atom. The lowest BCUT2D eigenvalue weighted by Crippen LogP contribution is -2.31. The molecule has 35 heavy (non-hydrogen) atoms. The Bertz CT molecular complexity index is 1260.